The van der Waals surface area contributed by atoms with Crippen LogP contribution in [0.1, 0.15) is 34.3 Å². The van der Waals surface area contributed by atoms with Gasteiger partial charge < -0.3 is 4.74 Å². The Morgan fingerprint density at radius 1 is 1.27 bits per heavy atom. The number of anilines is 1. The van der Waals surface area contributed by atoms with Crippen LogP contribution in [0.4, 0.5) is 5.69 Å². The van der Waals surface area contributed by atoms with Crippen LogP contribution in [0, 0.1) is 11.3 Å². The number of rotatable bonds is 1. The second kappa shape index (κ2) is 4.11. The van der Waals surface area contributed by atoms with Crippen molar-refractivity contribution in [2.24, 2.45) is 0 Å². The van der Waals surface area contributed by atoms with E-state index in [1.807, 2.05) is 49.4 Å². The fourth-order valence-corrected chi connectivity index (χ4v) is 3.80. The van der Waals surface area contributed by atoms with E-state index in [1.54, 1.807) is 12.0 Å². The number of carbonyl (C=O) groups excluding carboxylic acids is 1. The van der Waals surface area contributed by atoms with Crippen LogP contribution in [0.15, 0.2) is 42.5 Å². The van der Waals surface area contributed by atoms with Crippen molar-refractivity contribution in [2.75, 3.05) is 12.0 Å². The highest BCUT2D eigenvalue weighted by molar-refractivity contribution is 6.14. The summed E-state index contributed by atoms with van der Waals surface area (Å²) in [6, 6.07) is 15.5. The lowest BCUT2D eigenvalue weighted by Gasteiger charge is -2.31. The highest BCUT2D eigenvalue weighted by Crippen LogP contribution is 2.57. The Hall–Kier alpha value is -2.80. The molecule has 4 heteroatoms. The van der Waals surface area contributed by atoms with Gasteiger partial charge in [-0.1, -0.05) is 18.2 Å². The Balaban J connectivity index is 2.02. The summed E-state index contributed by atoms with van der Waals surface area (Å²) in [5, 5.41) is 9.77. The summed E-state index contributed by atoms with van der Waals surface area (Å²) in [5.74, 6) is 0.247. The van der Waals surface area contributed by atoms with Gasteiger partial charge in [-0.05, 0) is 42.3 Å². The maximum Gasteiger partial charge on any atom is 0.259 e. The second-order valence-corrected chi connectivity index (χ2v) is 5.82. The van der Waals surface area contributed by atoms with Gasteiger partial charge in [0.05, 0.1) is 18.7 Å². The van der Waals surface area contributed by atoms with Crippen LogP contribution in [-0.2, 0) is 5.54 Å². The molecule has 4 rings (SSSR count). The number of nitrogens with zero attached hydrogens (tertiary/aromatic N) is 2. The third-order valence-electron chi connectivity index (χ3n) is 4.85. The van der Waals surface area contributed by atoms with Crippen LogP contribution in [0.5, 0.6) is 5.75 Å². The molecule has 0 radical (unpaired) electrons. The molecule has 0 aliphatic carbocycles. The third kappa shape index (κ3) is 1.29. The molecule has 2 aromatic rings. The van der Waals surface area contributed by atoms with E-state index in [9.17, 15) is 10.1 Å². The van der Waals surface area contributed by atoms with E-state index in [4.69, 9.17) is 4.74 Å². The van der Waals surface area contributed by atoms with Crippen molar-refractivity contribution in [3.05, 3.63) is 59.2 Å². The lowest BCUT2D eigenvalue weighted by molar-refractivity contribution is 0.0982. The highest BCUT2D eigenvalue weighted by Gasteiger charge is 2.57. The first kappa shape index (κ1) is 12.9. The molecule has 0 unspecified atom stereocenters. The van der Waals surface area contributed by atoms with Gasteiger partial charge in [0.1, 0.15) is 11.7 Å². The summed E-state index contributed by atoms with van der Waals surface area (Å²) in [5.41, 5.74) is 2.61. The molecule has 108 valence electrons. The van der Waals surface area contributed by atoms with E-state index in [-0.39, 0.29) is 5.91 Å². The van der Waals surface area contributed by atoms with Crippen molar-refractivity contribution >= 4 is 11.6 Å². The van der Waals surface area contributed by atoms with Crippen molar-refractivity contribution in [3.63, 3.8) is 0 Å². The Bertz CT molecular complexity index is 852. The Kier molecular flexibility index (Phi) is 2.41. The number of carbonyl (C=O) groups is 1. The van der Waals surface area contributed by atoms with Crippen molar-refractivity contribution in [2.45, 2.75) is 18.4 Å². The summed E-state index contributed by atoms with van der Waals surface area (Å²) < 4.78 is 5.27. The van der Waals surface area contributed by atoms with E-state index >= 15 is 0 Å². The molecular weight excluding hydrogens is 276 g/mol. The number of hydrogen-bond acceptors (Lipinski definition) is 3. The standard InChI is InChI=1S/C18H14N2O2/c1-18-14-6-4-3-5-12(14)17(21)20(18)16-8-7-11(22-2)9-13(16)15(18)10-19/h3-9,15H,1-2H3/t15-,18-/m0/s1. The van der Waals surface area contributed by atoms with Crippen LogP contribution < -0.4 is 9.64 Å². The molecule has 2 atom stereocenters. The van der Waals surface area contributed by atoms with Crippen LogP contribution in [-0.4, -0.2) is 13.0 Å². The van der Waals surface area contributed by atoms with E-state index in [0.29, 0.717) is 11.3 Å². The van der Waals surface area contributed by atoms with Crippen molar-refractivity contribution < 1.29 is 9.53 Å². The zero-order chi connectivity index (χ0) is 15.5. The Labute approximate surface area is 128 Å². The van der Waals surface area contributed by atoms with Gasteiger partial charge >= 0.3 is 0 Å². The van der Waals surface area contributed by atoms with E-state index in [1.165, 1.54) is 0 Å². The van der Waals surface area contributed by atoms with Gasteiger partial charge in [0.25, 0.3) is 5.91 Å². The number of nitriles is 1. The van der Waals surface area contributed by atoms with Gasteiger partial charge in [-0.15, -0.1) is 0 Å². The molecular formula is C18H14N2O2. The lowest BCUT2D eigenvalue weighted by Crippen LogP contribution is -2.40. The summed E-state index contributed by atoms with van der Waals surface area (Å²) in [4.78, 5) is 14.6. The van der Waals surface area contributed by atoms with Crippen molar-refractivity contribution in [3.8, 4) is 11.8 Å². The Morgan fingerprint density at radius 2 is 2.05 bits per heavy atom. The number of methoxy groups -OCH3 is 1. The number of ether oxygens (including phenoxy) is 1. The molecule has 22 heavy (non-hydrogen) atoms. The van der Waals surface area contributed by atoms with Gasteiger partial charge in [-0.3, -0.25) is 9.69 Å². The van der Waals surface area contributed by atoms with Crippen LogP contribution in [0.2, 0.25) is 0 Å². The average Bonchev–Trinajstić information content (AvgIpc) is 2.93. The minimum absolute atomic E-state index is 0.0396. The molecule has 0 aromatic heterocycles. The summed E-state index contributed by atoms with van der Waals surface area (Å²) in [6.45, 7) is 1.97. The maximum absolute atomic E-state index is 12.8. The quantitative estimate of drug-likeness (QED) is 0.810. The molecule has 0 saturated carbocycles. The predicted octanol–water partition coefficient (Wildman–Crippen LogP) is 3.19. The monoisotopic (exact) mass is 290 g/mol. The van der Waals surface area contributed by atoms with Gasteiger partial charge in [0.15, 0.2) is 0 Å². The van der Waals surface area contributed by atoms with E-state index in [2.05, 4.69) is 6.07 Å². The van der Waals surface area contributed by atoms with E-state index in [0.717, 1.165) is 16.8 Å². The average molecular weight is 290 g/mol. The van der Waals surface area contributed by atoms with Crippen LogP contribution in [0.3, 0.4) is 0 Å². The largest absolute Gasteiger partial charge is 0.497 e. The molecule has 0 bridgehead atoms. The molecule has 1 amide bonds. The number of amides is 1. The highest BCUT2D eigenvalue weighted by atomic mass is 16.5. The van der Waals surface area contributed by atoms with Gasteiger partial charge in [0, 0.05) is 11.3 Å². The number of fused-ring (bicyclic) bond motifs is 5. The zero-order valence-corrected chi connectivity index (χ0v) is 12.3. The Morgan fingerprint density at radius 3 is 2.77 bits per heavy atom. The molecule has 2 aromatic carbocycles. The molecule has 0 spiro atoms. The van der Waals surface area contributed by atoms with E-state index < -0.39 is 11.5 Å². The number of benzene rings is 2. The SMILES string of the molecule is COc1ccc2c(c1)[C@H](C#N)[C@]1(C)c3ccccc3C(=O)N21. The van der Waals surface area contributed by atoms with Crippen LogP contribution >= 0.6 is 0 Å². The predicted molar refractivity (Wildman–Crippen MR) is 82.0 cm³/mol. The smallest absolute Gasteiger partial charge is 0.259 e. The summed E-state index contributed by atoms with van der Waals surface area (Å²) >= 11 is 0. The minimum atomic E-state index is -0.656. The first-order valence-electron chi connectivity index (χ1n) is 7.14. The topological polar surface area (TPSA) is 53.3 Å². The zero-order valence-electron chi connectivity index (χ0n) is 12.3. The van der Waals surface area contributed by atoms with Crippen LogP contribution in [0.25, 0.3) is 0 Å². The van der Waals surface area contributed by atoms with Crippen molar-refractivity contribution in [1.82, 2.24) is 0 Å². The van der Waals surface area contributed by atoms with Gasteiger partial charge in [-0.25, -0.2) is 0 Å². The van der Waals surface area contributed by atoms with Gasteiger partial charge in [0.2, 0.25) is 0 Å². The second-order valence-electron chi connectivity index (χ2n) is 5.82. The molecule has 4 nitrogen and oxygen atoms in total. The van der Waals surface area contributed by atoms with Gasteiger partial charge in [-0.2, -0.15) is 5.26 Å². The number of hydrogen-bond donors (Lipinski definition) is 0. The lowest BCUT2D eigenvalue weighted by atomic mass is 9.79. The fourth-order valence-electron chi connectivity index (χ4n) is 3.80. The van der Waals surface area contributed by atoms with Crippen molar-refractivity contribution in [1.29, 1.82) is 5.26 Å². The summed E-state index contributed by atoms with van der Waals surface area (Å²) in [7, 11) is 1.60. The molecule has 2 aliphatic heterocycles. The normalized spacial score (nSPS) is 24.5. The molecule has 2 heterocycles. The molecule has 0 saturated heterocycles. The first-order valence-corrected chi connectivity index (χ1v) is 7.14. The fraction of sp³-hybridized carbons (Fsp3) is 0.222. The minimum Gasteiger partial charge on any atom is -0.497 e. The first-order chi connectivity index (χ1) is 10.6. The molecule has 2 aliphatic rings. The molecule has 0 fully saturated rings. The maximum atomic E-state index is 12.8. The summed E-state index contributed by atoms with van der Waals surface area (Å²) in [6.07, 6.45) is 0. The third-order valence-corrected chi connectivity index (χ3v) is 4.85. The molecule has 0 N–H and O–H groups in total.